The van der Waals surface area contributed by atoms with E-state index in [-0.39, 0.29) is 5.91 Å². The normalized spacial score (nSPS) is 22.4. The van der Waals surface area contributed by atoms with E-state index in [4.69, 9.17) is 9.47 Å². The summed E-state index contributed by atoms with van der Waals surface area (Å²) in [6.45, 7) is 1.80. The zero-order valence-electron chi connectivity index (χ0n) is 9.96. The Morgan fingerprint density at radius 1 is 1.33 bits per heavy atom. The van der Waals surface area contributed by atoms with Gasteiger partial charge >= 0.3 is 0 Å². The predicted molar refractivity (Wildman–Crippen MR) is 71.7 cm³/mol. The second kappa shape index (κ2) is 4.72. The van der Waals surface area contributed by atoms with Crippen LogP contribution in [0.2, 0.25) is 0 Å². The standard InChI is InChI=1S/C13H15NO3S/c15-12-6-9(8-18)7-14(12)10-2-1-3-11-13(10)17-5-4-16-11/h1-3,9,18H,4-8H2. The molecule has 3 rings (SSSR count). The minimum atomic E-state index is 0.136. The van der Waals surface area contributed by atoms with Gasteiger partial charge < -0.3 is 14.4 Å². The SMILES string of the molecule is O=C1CC(CS)CN1c1cccc2c1OCCO2. The Balaban J connectivity index is 1.95. The lowest BCUT2D eigenvalue weighted by molar-refractivity contribution is -0.117. The number of amides is 1. The van der Waals surface area contributed by atoms with Gasteiger partial charge in [-0.1, -0.05) is 6.07 Å². The van der Waals surface area contributed by atoms with E-state index in [0.717, 1.165) is 17.2 Å². The average molecular weight is 265 g/mol. The van der Waals surface area contributed by atoms with E-state index >= 15 is 0 Å². The first-order valence-electron chi connectivity index (χ1n) is 6.09. The van der Waals surface area contributed by atoms with Crippen molar-refractivity contribution in [1.29, 1.82) is 0 Å². The molecule has 1 fully saturated rings. The van der Waals surface area contributed by atoms with Gasteiger partial charge in [0.15, 0.2) is 11.5 Å². The zero-order valence-corrected chi connectivity index (χ0v) is 10.9. The van der Waals surface area contributed by atoms with Crippen LogP contribution >= 0.6 is 12.6 Å². The molecule has 5 heteroatoms. The fraction of sp³-hybridized carbons (Fsp3) is 0.462. The van der Waals surface area contributed by atoms with Gasteiger partial charge in [-0.05, 0) is 23.8 Å². The fourth-order valence-corrected chi connectivity index (χ4v) is 2.65. The highest BCUT2D eigenvalue weighted by molar-refractivity contribution is 7.80. The Labute approximate surface area is 111 Å². The molecule has 96 valence electrons. The summed E-state index contributed by atoms with van der Waals surface area (Å²) in [6, 6.07) is 5.67. The van der Waals surface area contributed by atoms with Gasteiger partial charge in [-0.15, -0.1) is 0 Å². The van der Waals surface area contributed by atoms with E-state index in [9.17, 15) is 4.79 Å². The number of hydrogen-bond acceptors (Lipinski definition) is 4. The van der Waals surface area contributed by atoms with Crippen molar-refractivity contribution in [3.05, 3.63) is 18.2 Å². The third kappa shape index (κ3) is 1.92. The number of anilines is 1. The Kier molecular flexibility index (Phi) is 3.07. The molecule has 18 heavy (non-hydrogen) atoms. The first-order valence-corrected chi connectivity index (χ1v) is 6.72. The van der Waals surface area contributed by atoms with Gasteiger partial charge in [0.2, 0.25) is 5.91 Å². The Bertz CT molecular complexity index is 477. The van der Waals surface area contributed by atoms with Gasteiger partial charge in [0.25, 0.3) is 0 Å². The van der Waals surface area contributed by atoms with Crippen LogP contribution in [0.5, 0.6) is 11.5 Å². The van der Waals surface area contributed by atoms with Crippen LogP contribution in [0, 0.1) is 5.92 Å². The van der Waals surface area contributed by atoms with E-state index in [1.54, 1.807) is 4.90 Å². The van der Waals surface area contributed by atoms with Gasteiger partial charge in [0.1, 0.15) is 13.2 Å². The molecule has 2 heterocycles. The van der Waals surface area contributed by atoms with E-state index in [0.29, 0.717) is 37.8 Å². The molecule has 1 unspecified atom stereocenters. The maximum absolute atomic E-state index is 12.0. The Morgan fingerprint density at radius 3 is 2.94 bits per heavy atom. The van der Waals surface area contributed by atoms with Crippen molar-refractivity contribution in [3.63, 3.8) is 0 Å². The quantitative estimate of drug-likeness (QED) is 0.828. The summed E-state index contributed by atoms with van der Waals surface area (Å²) in [5.74, 6) is 2.60. The molecule has 0 radical (unpaired) electrons. The first-order chi connectivity index (χ1) is 8.79. The lowest BCUT2D eigenvalue weighted by Crippen LogP contribution is -2.27. The number of para-hydroxylation sites is 1. The topological polar surface area (TPSA) is 38.8 Å². The summed E-state index contributed by atoms with van der Waals surface area (Å²) in [4.78, 5) is 13.8. The minimum Gasteiger partial charge on any atom is -0.486 e. The highest BCUT2D eigenvalue weighted by Gasteiger charge is 2.32. The van der Waals surface area contributed by atoms with Crippen LogP contribution in [-0.2, 0) is 4.79 Å². The van der Waals surface area contributed by atoms with E-state index in [1.165, 1.54) is 0 Å². The molecule has 1 aromatic rings. The van der Waals surface area contributed by atoms with Crippen LogP contribution in [0.15, 0.2) is 18.2 Å². The largest absolute Gasteiger partial charge is 0.486 e. The van der Waals surface area contributed by atoms with Crippen molar-refractivity contribution >= 4 is 24.2 Å². The summed E-state index contributed by atoms with van der Waals surface area (Å²) in [5, 5.41) is 0. The molecular formula is C13H15NO3S. The molecule has 0 aliphatic carbocycles. The van der Waals surface area contributed by atoms with Crippen molar-refractivity contribution in [2.24, 2.45) is 5.92 Å². The van der Waals surface area contributed by atoms with Gasteiger partial charge in [0, 0.05) is 13.0 Å². The van der Waals surface area contributed by atoms with Crippen LogP contribution in [0.25, 0.3) is 0 Å². The van der Waals surface area contributed by atoms with Gasteiger partial charge in [0.05, 0.1) is 5.69 Å². The maximum Gasteiger partial charge on any atom is 0.227 e. The molecule has 4 nitrogen and oxygen atoms in total. The number of ether oxygens (including phenoxy) is 2. The van der Waals surface area contributed by atoms with Crippen molar-refractivity contribution in [1.82, 2.24) is 0 Å². The lowest BCUT2D eigenvalue weighted by Gasteiger charge is -2.25. The second-order valence-electron chi connectivity index (χ2n) is 4.56. The maximum atomic E-state index is 12.0. The van der Waals surface area contributed by atoms with Crippen molar-refractivity contribution in [2.45, 2.75) is 6.42 Å². The summed E-state index contributed by atoms with van der Waals surface area (Å²) in [7, 11) is 0. The number of hydrogen-bond donors (Lipinski definition) is 1. The molecule has 2 aliphatic rings. The molecule has 0 aromatic heterocycles. The smallest absolute Gasteiger partial charge is 0.227 e. The van der Waals surface area contributed by atoms with Gasteiger partial charge in [-0.25, -0.2) is 0 Å². The predicted octanol–water partition coefficient (Wildman–Crippen LogP) is 1.74. The van der Waals surface area contributed by atoms with Crippen LogP contribution in [-0.4, -0.2) is 31.4 Å². The number of carbonyl (C=O) groups is 1. The minimum absolute atomic E-state index is 0.136. The fourth-order valence-electron chi connectivity index (χ4n) is 2.41. The van der Waals surface area contributed by atoms with Crippen LogP contribution in [0.4, 0.5) is 5.69 Å². The summed E-state index contributed by atoms with van der Waals surface area (Å²) in [6.07, 6.45) is 0.564. The van der Waals surface area contributed by atoms with Crippen molar-refractivity contribution in [2.75, 3.05) is 30.4 Å². The van der Waals surface area contributed by atoms with Gasteiger partial charge in [-0.2, -0.15) is 12.6 Å². The van der Waals surface area contributed by atoms with Gasteiger partial charge in [-0.3, -0.25) is 4.79 Å². The number of rotatable bonds is 2. The van der Waals surface area contributed by atoms with E-state index in [2.05, 4.69) is 12.6 Å². The Hall–Kier alpha value is -1.36. The molecule has 2 aliphatic heterocycles. The zero-order chi connectivity index (χ0) is 12.5. The molecule has 0 N–H and O–H groups in total. The van der Waals surface area contributed by atoms with E-state index < -0.39 is 0 Å². The molecule has 1 atom stereocenters. The first kappa shape index (κ1) is 11.7. The lowest BCUT2D eigenvalue weighted by atomic mass is 10.1. The molecular weight excluding hydrogens is 250 g/mol. The number of fused-ring (bicyclic) bond motifs is 1. The van der Waals surface area contributed by atoms with E-state index in [1.807, 2.05) is 18.2 Å². The third-order valence-electron chi connectivity index (χ3n) is 3.30. The molecule has 1 amide bonds. The number of benzene rings is 1. The molecule has 1 aromatic carbocycles. The summed E-state index contributed by atoms with van der Waals surface area (Å²) < 4.78 is 11.2. The monoisotopic (exact) mass is 265 g/mol. The van der Waals surface area contributed by atoms with Crippen LogP contribution < -0.4 is 14.4 Å². The average Bonchev–Trinajstić information content (AvgIpc) is 2.79. The second-order valence-corrected chi connectivity index (χ2v) is 4.92. The molecule has 0 spiro atoms. The number of nitrogens with zero attached hydrogens (tertiary/aromatic N) is 1. The van der Waals surface area contributed by atoms with Crippen LogP contribution in [0.1, 0.15) is 6.42 Å². The highest BCUT2D eigenvalue weighted by atomic mass is 32.1. The Morgan fingerprint density at radius 2 is 2.17 bits per heavy atom. The summed E-state index contributed by atoms with van der Waals surface area (Å²) in [5.41, 5.74) is 0.821. The molecule has 0 saturated carbocycles. The van der Waals surface area contributed by atoms with Crippen molar-refractivity contribution in [3.8, 4) is 11.5 Å². The highest BCUT2D eigenvalue weighted by Crippen LogP contribution is 2.41. The third-order valence-corrected chi connectivity index (χ3v) is 3.82. The number of thiol groups is 1. The molecule has 0 bridgehead atoms. The van der Waals surface area contributed by atoms with Crippen LogP contribution in [0.3, 0.4) is 0 Å². The molecule has 1 saturated heterocycles. The summed E-state index contributed by atoms with van der Waals surface area (Å²) >= 11 is 4.27. The number of carbonyl (C=O) groups excluding carboxylic acids is 1. The van der Waals surface area contributed by atoms with Crippen molar-refractivity contribution < 1.29 is 14.3 Å².